The number of carbonyl (C=O) groups excluding carboxylic acids is 2. The highest BCUT2D eigenvalue weighted by Gasteiger charge is 2.47. The lowest BCUT2D eigenvalue weighted by molar-refractivity contribution is -0.123. The van der Waals surface area contributed by atoms with Crippen LogP contribution in [0.2, 0.25) is 0 Å². The van der Waals surface area contributed by atoms with E-state index in [1.165, 1.54) is 14.2 Å². The number of ether oxygens (including phenoxy) is 7. The molecule has 6 rings (SSSR count). The number of hydrogen-bond donors (Lipinski definition) is 1. The van der Waals surface area contributed by atoms with Gasteiger partial charge in [0.15, 0.2) is 23.0 Å². The van der Waals surface area contributed by atoms with Crippen molar-refractivity contribution in [2.24, 2.45) is 0 Å². The molecule has 0 radical (unpaired) electrons. The number of nitrogens with one attached hydrogen (secondary N) is 1. The van der Waals surface area contributed by atoms with E-state index in [0.717, 1.165) is 29.8 Å². The average molecular weight is 570 g/mol. The molecular formula is C29H35N3O9. The van der Waals surface area contributed by atoms with E-state index in [1.54, 1.807) is 13.2 Å². The molecular weight excluding hydrogens is 534 g/mol. The van der Waals surface area contributed by atoms with Gasteiger partial charge in [-0.3, -0.25) is 14.6 Å². The van der Waals surface area contributed by atoms with E-state index in [9.17, 15) is 9.59 Å². The number of hydrogen-bond acceptors (Lipinski definition) is 11. The lowest BCUT2D eigenvalue weighted by Crippen LogP contribution is -2.43. The molecule has 2 atom stereocenters. The van der Waals surface area contributed by atoms with Crippen molar-refractivity contribution >= 4 is 11.9 Å². The summed E-state index contributed by atoms with van der Waals surface area (Å²) in [4.78, 5) is 30.4. The van der Waals surface area contributed by atoms with E-state index >= 15 is 0 Å². The largest absolute Gasteiger partial charge is 0.493 e. The summed E-state index contributed by atoms with van der Waals surface area (Å²) in [5, 5.41) is 3.08. The first kappa shape index (κ1) is 27.4. The summed E-state index contributed by atoms with van der Waals surface area (Å²) in [5.41, 5.74) is 3.75. The highest BCUT2D eigenvalue weighted by Crippen LogP contribution is 2.56. The van der Waals surface area contributed by atoms with Crippen LogP contribution in [0.5, 0.6) is 28.7 Å². The number of likely N-dealkylation sites (N-methyl/N-ethyl adjacent to an activating group) is 1. The average Bonchev–Trinajstić information content (AvgIpc) is 3.60. The zero-order valence-corrected chi connectivity index (χ0v) is 23.7. The number of carbonyl (C=O) groups is 2. The monoisotopic (exact) mass is 569 g/mol. The van der Waals surface area contributed by atoms with Gasteiger partial charge < -0.3 is 38.5 Å². The number of cyclic esters (lactones) is 1. The van der Waals surface area contributed by atoms with Crippen LogP contribution in [0.15, 0.2) is 12.1 Å². The minimum atomic E-state index is -0.639. The van der Waals surface area contributed by atoms with Gasteiger partial charge in [0, 0.05) is 42.9 Å². The lowest BCUT2D eigenvalue weighted by atomic mass is 9.83. The molecule has 0 unspecified atom stereocenters. The van der Waals surface area contributed by atoms with Crippen LogP contribution in [0.25, 0.3) is 0 Å². The second-order valence-corrected chi connectivity index (χ2v) is 10.4. The first-order valence-corrected chi connectivity index (χ1v) is 13.7. The Hall–Kier alpha value is -3.74. The van der Waals surface area contributed by atoms with Crippen LogP contribution < -0.4 is 29.0 Å². The van der Waals surface area contributed by atoms with Gasteiger partial charge in [0.25, 0.3) is 0 Å². The fourth-order valence-corrected chi connectivity index (χ4v) is 6.32. The van der Waals surface area contributed by atoms with Gasteiger partial charge in [-0.25, -0.2) is 4.79 Å². The van der Waals surface area contributed by atoms with E-state index in [4.69, 9.17) is 33.2 Å². The molecule has 220 valence electrons. The molecule has 1 saturated heterocycles. The summed E-state index contributed by atoms with van der Waals surface area (Å²) in [5.74, 6) is 1.85. The van der Waals surface area contributed by atoms with E-state index < -0.39 is 18.1 Å². The second-order valence-electron chi connectivity index (χ2n) is 10.4. The van der Waals surface area contributed by atoms with E-state index in [-0.39, 0.29) is 19.2 Å². The summed E-state index contributed by atoms with van der Waals surface area (Å²) in [6, 6.07) is 3.23. The lowest BCUT2D eigenvalue weighted by Gasteiger charge is -2.39. The number of methoxy groups -OCH3 is 3. The maximum atomic E-state index is 13.2. The molecule has 1 N–H and O–H groups in total. The molecule has 0 aliphatic carbocycles. The van der Waals surface area contributed by atoms with Gasteiger partial charge in [0.2, 0.25) is 18.4 Å². The molecule has 12 heteroatoms. The summed E-state index contributed by atoms with van der Waals surface area (Å²) >= 11 is 0. The molecule has 4 aliphatic heterocycles. The van der Waals surface area contributed by atoms with E-state index in [2.05, 4.69) is 15.1 Å². The van der Waals surface area contributed by atoms with Gasteiger partial charge in [0.05, 0.1) is 47.1 Å². The van der Waals surface area contributed by atoms with Crippen molar-refractivity contribution in [2.45, 2.75) is 25.1 Å². The van der Waals surface area contributed by atoms with Crippen molar-refractivity contribution < 1.29 is 42.7 Å². The van der Waals surface area contributed by atoms with Gasteiger partial charge >= 0.3 is 5.97 Å². The molecule has 1 amide bonds. The Morgan fingerprint density at radius 1 is 1.02 bits per heavy atom. The van der Waals surface area contributed by atoms with E-state index in [0.29, 0.717) is 72.6 Å². The first-order valence-electron chi connectivity index (χ1n) is 13.7. The topological polar surface area (TPSA) is 117 Å². The molecule has 0 aromatic heterocycles. The summed E-state index contributed by atoms with van der Waals surface area (Å²) in [6.45, 7) is 4.00. The fraction of sp³-hybridized carbons (Fsp3) is 0.517. The smallest absolute Gasteiger partial charge is 0.343 e. The summed E-state index contributed by atoms with van der Waals surface area (Å²) < 4.78 is 40.2. The van der Waals surface area contributed by atoms with Gasteiger partial charge in [-0.2, -0.15) is 0 Å². The fourth-order valence-electron chi connectivity index (χ4n) is 6.32. The number of amides is 1. The number of nitrogens with zero attached hydrogens (tertiary/aromatic N) is 2. The van der Waals surface area contributed by atoms with Crippen LogP contribution in [-0.2, 0) is 27.2 Å². The maximum absolute atomic E-state index is 13.2. The minimum Gasteiger partial charge on any atom is -0.493 e. The van der Waals surface area contributed by atoms with Crippen LogP contribution in [0, 0.1) is 0 Å². The van der Waals surface area contributed by atoms with Crippen LogP contribution in [0.3, 0.4) is 0 Å². The van der Waals surface area contributed by atoms with Gasteiger partial charge in [-0.15, -0.1) is 0 Å². The van der Waals surface area contributed by atoms with Crippen LogP contribution in [-0.4, -0.2) is 96.2 Å². The normalized spacial score (nSPS) is 21.6. The van der Waals surface area contributed by atoms with Crippen LogP contribution >= 0.6 is 0 Å². The summed E-state index contributed by atoms with van der Waals surface area (Å²) in [6.07, 6.45) is 0.0445. The van der Waals surface area contributed by atoms with Crippen LogP contribution in [0.1, 0.15) is 44.8 Å². The molecule has 1 fully saturated rings. The molecule has 2 aromatic rings. The maximum Gasteiger partial charge on any atom is 0.343 e. The highest BCUT2D eigenvalue weighted by atomic mass is 16.7. The Labute approximate surface area is 238 Å². The third-order valence-corrected chi connectivity index (χ3v) is 8.26. The molecule has 12 nitrogen and oxygen atoms in total. The van der Waals surface area contributed by atoms with Crippen molar-refractivity contribution in [3.63, 3.8) is 0 Å². The van der Waals surface area contributed by atoms with Crippen molar-refractivity contribution in [3.8, 4) is 28.7 Å². The van der Waals surface area contributed by atoms with Crippen molar-refractivity contribution in [1.29, 1.82) is 0 Å². The first-order chi connectivity index (χ1) is 20.0. The standard InChI is InChI=1S/C29H35N3O9/c1-31-8-7-16-18(13-30-20(33)14-32-9-11-38-12-10-32)25-28(40-15-39-25)27(37-4)21(16)23(31)24-17-5-6-19(35-2)26(36-3)22(17)29(34)41-24/h5-6,23-24H,7-15H2,1-4H3,(H,30,33)/t23-,24+/m1/s1. The number of esters is 1. The predicted molar refractivity (Wildman–Crippen MR) is 145 cm³/mol. The second kappa shape index (κ2) is 11.3. The third-order valence-electron chi connectivity index (χ3n) is 8.26. The zero-order valence-electron chi connectivity index (χ0n) is 23.7. The molecule has 4 heterocycles. The summed E-state index contributed by atoms with van der Waals surface area (Å²) in [7, 11) is 6.62. The van der Waals surface area contributed by atoms with Crippen LogP contribution in [0.4, 0.5) is 0 Å². The van der Waals surface area contributed by atoms with E-state index in [1.807, 2.05) is 13.1 Å². The SMILES string of the molecule is COc1ccc2c(c1OC)C(=O)O[C@@H]2[C@H]1c2c(c(CNC(=O)CN3CCOCC3)c3c(c2OC)OCO3)CCN1C. The Kier molecular flexibility index (Phi) is 7.54. The van der Waals surface area contributed by atoms with Gasteiger partial charge in [-0.1, -0.05) is 6.07 Å². The van der Waals surface area contributed by atoms with Gasteiger partial charge in [-0.05, 0) is 25.1 Å². The molecule has 0 saturated carbocycles. The zero-order chi connectivity index (χ0) is 28.7. The quantitative estimate of drug-likeness (QED) is 0.469. The number of benzene rings is 2. The van der Waals surface area contributed by atoms with Crippen molar-refractivity contribution in [2.75, 3.05) is 74.6 Å². The molecule has 4 aliphatic rings. The minimum absolute atomic E-state index is 0.0437. The van der Waals surface area contributed by atoms with Crippen molar-refractivity contribution in [1.82, 2.24) is 15.1 Å². The molecule has 2 aromatic carbocycles. The number of rotatable bonds is 8. The van der Waals surface area contributed by atoms with Crippen molar-refractivity contribution in [3.05, 3.63) is 39.9 Å². The Bertz CT molecular complexity index is 1360. The Morgan fingerprint density at radius 2 is 1.78 bits per heavy atom. The highest BCUT2D eigenvalue weighted by molar-refractivity contribution is 5.98. The predicted octanol–water partition coefficient (Wildman–Crippen LogP) is 1.83. The number of fused-ring (bicyclic) bond motifs is 3. The third kappa shape index (κ3) is 4.69. The van der Waals surface area contributed by atoms with Gasteiger partial charge in [0.1, 0.15) is 11.7 Å². The molecule has 0 bridgehead atoms. The molecule has 41 heavy (non-hydrogen) atoms. The molecule has 0 spiro atoms. The Morgan fingerprint density at radius 3 is 2.51 bits per heavy atom. The Balaban J connectivity index is 1.39. The number of morpholine rings is 1.